The highest BCUT2D eigenvalue weighted by molar-refractivity contribution is 14.1. The van der Waals surface area contributed by atoms with Crippen LogP contribution in [-0.2, 0) is 0 Å². The first-order chi connectivity index (χ1) is 8.08. The molecule has 3 nitrogen and oxygen atoms in total. The van der Waals surface area contributed by atoms with E-state index in [1.165, 1.54) is 12.1 Å². The molecule has 2 aromatic rings. The van der Waals surface area contributed by atoms with Gasteiger partial charge in [-0.15, -0.1) is 0 Å². The summed E-state index contributed by atoms with van der Waals surface area (Å²) in [5.74, 6) is 0.817. The zero-order valence-corrected chi connectivity index (χ0v) is 10.7. The van der Waals surface area contributed by atoms with Crippen molar-refractivity contribution < 1.29 is 8.78 Å². The van der Waals surface area contributed by atoms with Crippen molar-refractivity contribution >= 4 is 28.4 Å². The summed E-state index contributed by atoms with van der Waals surface area (Å²) in [4.78, 5) is 8.19. The standard InChI is InChI=1S/C11H8F2IN3/c12-9(13)6-1-3-7(4-2-6)11-16-5-8(14)10(15)17-11/h1-5,9H,(H2,15,16,17). The zero-order valence-electron chi connectivity index (χ0n) is 8.57. The summed E-state index contributed by atoms with van der Waals surface area (Å²) in [5.41, 5.74) is 6.30. The van der Waals surface area contributed by atoms with Crippen molar-refractivity contribution in [2.24, 2.45) is 0 Å². The highest BCUT2D eigenvalue weighted by Crippen LogP contribution is 2.23. The largest absolute Gasteiger partial charge is 0.383 e. The molecule has 1 aromatic heterocycles. The molecule has 17 heavy (non-hydrogen) atoms. The van der Waals surface area contributed by atoms with Gasteiger partial charge in [0.05, 0.1) is 3.57 Å². The molecule has 0 amide bonds. The van der Waals surface area contributed by atoms with E-state index in [1.807, 2.05) is 22.6 Å². The first kappa shape index (κ1) is 12.2. The second kappa shape index (κ2) is 4.91. The maximum absolute atomic E-state index is 12.4. The molecule has 0 bridgehead atoms. The molecule has 0 aliphatic rings. The summed E-state index contributed by atoms with van der Waals surface area (Å²) < 4.78 is 25.5. The Balaban J connectivity index is 2.36. The molecule has 0 unspecified atom stereocenters. The Labute approximate surface area is 110 Å². The molecule has 0 saturated heterocycles. The number of hydrogen-bond donors (Lipinski definition) is 1. The maximum atomic E-state index is 12.4. The number of nitrogen functional groups attached to an aromatic ring is 1. The van der Waals surface area contributed by atoms with Crippen molar-refractivity contribution in [3.8, 4) is 11.4 Å². The molecule has 2 N–H and O–H groups in total. The van der Waals surface area contributed by atoms with Gasteiger partial charge in [0.15, 0.2) is 5.82 Å². The third-order valence-electron chi connectivity index (χ3n) is 2.19. The van der Waals surface area contributed by atoms with Gasteiger partial charge in [-0.2, -0.15) is 0 Å². The van der Waals surface area contributed by atoms with Crippen LogP contribution in [-0.4, -0.2) is 9.97 Å². The molecular weight excluding hydrogens is 339 g/mol. The Morgan fingerprint density at radius 1 is 1.18 bits per heavy atom. The van der Waals surface area contributed by atoms with Crippen molar-refractivity contribution in [1.29, 1.82) is 0 Å². The fraction of sp³-hybridized carbons (Fsp3) is 0.0909. The van der Waals surface area contributed by atoms with E-state index in [2.05, 4.69) is 9.97 Å². The number of aromatic nitrogens is 2. The van der Waals surface area contributed by atoms with Crippen molar-refractivity contribution in [2.45, 2.75) is 6.43 Å². The minimum absolute atomic E-state index is 0.0211. The van der Waals surface area contributed by atoms with Crippen LogP contribution in [0.1, 0.15) is 12.0 Å². The molecule has 0 fully saturated rings. The first-order valence-electron chi connectivity index (χ1n) is 4.74. The predicted molar refractivity (Wildman–Crippen MR) is 69.6 cm³/mol. The Bertz CT molecular complexity index is 529. The van der Waals surface area contributed by atoms with Gasteiger partial charge in [-0.1, -0.05) is 24.3 Å². The molecular formula is C11H8F2IN3. The summed E-state index contributed by atoms with van der Waals surface area (Å²) in [5, 5.41) is 0. The van der Waals surface area contributed by atoms with Gasteiger partial charge in [0.25, 0.3) is 6.43 Å². The lowest BCUT2D eigenvalue weighted by molar-refractivity contribution is 0.151. The van der Waals surface area contributed by atoms with Crippen LogP contribution >= 0.6 is 22.6 Å². The number of nitrogens with two attached hydrogens (primary N) is 1. The zero-order chi connectivity index (χ0) is 12.4. The van der Waals surface area contributed by atoms with Crippen molar-refractivity contribution in [2.75, 3.05) is 5.73 Å². The number of hydrogen-bond acceptors (Lipinski definition) is 3. The van der Waals surface area contributed by atoms with Gasteiger partial charge in [-0.3, -0.25) is 0 Å². The average Bonchev–Trinajstić information content (AvgIpc) is 2.33. The van der Waals surface area contributed by atoms with Crippen LogP contribution in [0.5, 0.6) is 0 Å². The van der Waals surface area contributed by atoms with Crippen LogP contribution in [0.3, 0.4) is 0 Å². The van der Waals surface area contributed by atoms with E-state index in [-0.39, 0.29) is 5.56 Å². The summed E-state index contributed by atoms with van der Waals surface area (Å²) >= 11 is 2.03. The number of halogens is 3. The Morgan fingerprint density at radius 2 is 1.82 bits per heavy atom. The van der Waals surface area contributed by atoms with E-state index in [0.717, 1.165) is 3.57 Å². The van der Waals surface area contributed by atoms with Crippen LogP contribution < -0.4 is 5.73 Å². The lowest BCUT2D eigenvalue weighted by Crippen LogP contribution is -1.98. The van der Waals surface area contributed by atoms with Crippen molar-refractivity contribution in [3.63, 3.8) is 0 Å². The lowest BCUT2D eigenvalue weighted by atomic mass is 10.1. The fourth-order valence-corrected chi connectivity index (χ4v) is 1.56. The quantitative estimate of drug-likeness (QED) is 0.849. The second-order valence-corrected chi connectivity index (χ2v) is 4.51. The maximum Gasteiger partial charge on any atom is 0.263 e. The minimum Gasteiger partial charge on any atom is -0.383 e. The Morgan fingerprint density at radius 3 is 2.35 bits per heavy atom. The fourth-order valence-electron chi connectivity index (χ4n) is 1.30. The van der Waals surface area contributed by atoms with E-state index in [0.29, 0.717) is 17.2 Å². The number of rotatable bonds is 2. The molecule has 6 heteroatoms. The minimum atomic E-state index is -2.47. The molecule has 88 valence electrons. The molecule has 2 rings (SSSR count). The van der Waals surface area contributed by atoms with E-state index >= 15 is 0 Å². The summed E-state index contributed by atoms with van der Waals surface area (Å²) in [6.07, 6.45) is -0.869. The first-order valence-corrected chi connectivity index (χ1v) is 5.82. The highest BCUT2D eigenvalue weighted by Gasteiger charge is 2.08. The van der Waals surface area contributed by atoms with E-state index < -0.39 is 6.43 Å². The molecule has 0 aliphatic heterocycles. The summed E-state index contributed by atoms with van der Waals surface area (Å²) in [6, 6.07) is 5.83. The van der Waals surface area contributed by atoms with Crippen molar-refractivity contribution in [1.82, 2.24) is 9.97 Å². The normalized spacial score (nSPS) is 10.8. The molecule has 1 heterocycles. The van der Waals surface area contributed by atoms with E-state index in [4.69, 9.17) is 5.73 Å². The molecule has 0 aliphatic carbocycles. The van der Waals surface area contributed by atoms with Gasteiger partial charge < -0.3 is 5.73 Å². The molecule has 0 radical (unpaired) electrons. The number of alkyl halides is 2. The van der Waals surface area contributed by atoms with Gasteiger partial charge in [0, 0.05) is 17.3 Å². The third-order valence-corrected chi connectivity index (χ3v) is 3.02. The predicted octanol–water partition coefficient (Wildman–Crippen LogP) is 3.27. The van der Waals surface area contributed by atoms with Crippen molar-refractivity contribution in [3.05, 3.63) is 39.6 Å². The topological polar surface area (TPSA) is 51.8 Å². The van der Waals surface area contributed by atoms with E-state index in [1.54, 1.807) is 18.3 Å². The lowest BCUT2D eigenvalue weighted by Gasteiger charge is -2.04. The van der Waals surface area contributed by atoms with Gasteiger partial charge in [0.1, 0.15) is 5.82 Å². The number of anilines is 1. The van der Waals surface area contributed by atoms with Crippen LogP contribution in [0.25, 0.3) is 11.4 Å². The molecule has 0 atom stereocenters. The van der Waals surface area contributed by atoms with E-state index in [9.17, 15) is 8.78 Å². The molecule has 1 aromatic carbocycles. The Hall–Kier alpha value is -1.31. The average molecular weight is 347 g/mol. The van der Waals surface area contributed by atoms with Crippen LogP contribution in [0.4, 0.5) is 14.6 Å². The smallest absolute Gasteiger partial charge is 0.263 e. The number of nitrogens with zero attached hydrogens (tertiary/aromatic N) is 2. The summed E-state index contributed by atoms with van der Waals surface area (Å²) in [7, 11) is 0. The summed E-state index contributed by atoms with van der Waals surface area (Å²) in [6.45, 7) is 0. The van der Waals surface area contributed by atoms with Crippen LogP contribution in [0.2, 0.25) is 0 Å². The van der Waals surface area contributed by atoms with Gasteiger partial charge in [-0.25, -0.2) is 18.7 Å². The highest BCUT2D eigenvalue weighted by atomic mass is 127. The van der Waals surface area contributed by atoms with Gasteiger partial charge in [0.2, 0.25) is 0 Å². The molecule has 0 saturated carbocycles. The van der Waals surface area contributed by atoms with Gasteiger partial charge in [-0.05, 0) is 22.6 Å². The van der Waals surface area contributed by atoms with Gasteiger partial charge >= 0.3 is 0 Å². The second-order valence-electron chi connectivity index (χ2n) is 3.35. The Kier molecular flexibility index (Phi) is 3.51. The SMILES string of the molecule is Nc1nc(-c2ccc(C(F)F)cc2)ncc1I. The number of benzene rings is 1. The monoisotopic (exact) mass is 347 g/mol. The molecule has 0 spiro atoms. The third kappa shape index (κ3) is 2.68. The van der Waals surface area contributed by atoms with Crippen LogP contribution in [0, 0.1) is 3.57 Å². The van der Waals surface area contributed by atoms with Crippen LogP contribution in [0.15, 0.2) is 30.5 Å².